The van der Waals surface area contributed by atoms with E-state index in [-0.39, 0.29) is 16.7 Å². The van der Waals surface area contributed by atoms with Crippen molar-refractivity contribution in [3.63, 3.8) is 0 Å². The van der Waals surface area contributed by atoms with Crippen LogP contribution in [0.3, 0.4) is 0 Å². The van der Waals surface area contributed by atoms with Gasteiger partial charge in [0.25, 0.3) is 0 Å². The summed E-state index contributed by atoms with van der Waals surface area (Å²) in [6.45, 7) is 10.4. The Morgan fingerprint density at radius 1 is 1.41 bits per heavy atom. The molecule has 0 bridgehead atoms. The summed E-state index contributed by atoms with van der Waals surface area (Å²) >= 11 is 1.95. The van der Waals surface area contributed by atoms with Crippen molar-refractivity contribution in [2.75, 3.05) is 18.8 Å². The molecule has 0 aromatic rings. The predicted molar refractivity (Wildman–Crippen MR) is 75.2 cm³/mol. The zero-order chi connectivity index (χ0) is 13.1. The molecule has 0 aromatic heterocycles. The second-order valence-corrected chi connectivity index (χ2v) is 7.72. The molecule has 0 spiro atoms. The number of carbonyl (C=O) groups is 1. The minimum Gasteiger partial charge on any atom is -0.340 e. The van der Waals surface area contributed by atoms with Gasteiger partial charge >= 0.3 is 0 Å². The highest BCUT2D eigenvalue weighted by atomic mass is 32.2. The maximum absolute atomic E-state index is 12.2. The van der Waals surface area contributed by atoms with Gasteiger partial charge in [-0.1, -0.05) is 27.7 Å². The summed E-state index contributed by atoms with van der Waals surface area (Å²) in [6, 6.07) is -0.318. The fraction of sp³-hybridized carbons (Fsp3) is 0.923. The van der Waals surface area contributed by atoms with Crippen LogP contribution in [0.5, 0.6) is 0 Å². The Labute approximate surface area is 109 Å². The van der Waals surface area contributed by atoms with E-state index in [4.69, 9.17) is 5.73 Å². The van der Waals surface area contributed by atoms with Crippen LogP contribution in [0.15, 0.2) is 0 Å². The van der Waals surface area contributed by atoms with Crippen LogP contribution in [-0.4, -0.2) is 40.4 Å². The van der Waals surface area contributed by atoms with Gasteiger partial charge in [-0.05, 0) is 18.8 Å². The summed E-state index contributed by atoms with van der Waals surface area (Å²) in [6.07, 6.45) is 1.84. The van der Waals surface area contributed by atoms with E-state index in [1.807, 2.05) is 16.7 Å². The molecule has 1 aliphatic heterocycles. The monoisotopic (exact) mass is 258 g/mol. The maximum Gasteiger partial charge on any atom is 0.239 e. The third kappa shape index (κ3) is 4.88. The predicted octanol–water partition coefficient (Wildman–Crippen LogP) is 2.10. The summed E-state index contributed by atoms with van der Waals surface area (Å²) in [7, 11) is 0. The van der Waals surface area contributed by atoms with Gasteiger partial charge in [-0.2, -0.15) is 11.8 Å². The molecule has 17 heavy (non-hydrogen) atoms. The molecule has 1 atom stereocenters. The second-order valence-electron chi connectivity index (χ2n) is 5.92. The lowest BCUT2D eigenvalue weighted by Crippen LogP contribution is -2.45. The number of amides is 1. The number of thioether (sulfide) groups is 1. The van der Waals surface area contributed by atoms with Gasteiger partial charge in [0, 0.05) is 23.6 Å². The molecule has 4 heteroatoms. The van der Waals surface area contributed by atoms with Crippen LogP contribution < -0.4 is 5.73 Å². The minimum absolute atomic E-state index is 0.136. The Bertz CT molecular complexity index is 266. The van der Waals surface area contributed by atoms with E-state index >= 15 is 0 Å². The number of rotatable bonds is 3. The summed E-state index contributed by atoms with van der Waals surface area (Å²) in [4.78, 5) is 14.1. The molecular weight excluding hydrogens is 232 g/mol. The standard InChI is InChI=1S/C13H26N2OS/c1-10(2)9-11(14)12(16)15-6-5-13(3,4)17-8-7-15/h10-11H,5-9,14H2,1-4H3/t11-/m0/s1. The lowest BCUT2D eigenvalue weighted by atomic mass is 10.0. The van der Waals surface area contributed by atoms with Crippen molar-refractivity contribution < 1.29 is 4.79 Å². The van der Waals surface area contributed by atoms with Gasteiger partial charge in [-0.3, -0.25) is 4.79 Å². The Kier molecular flexibility index (Phi) is 5.32. The highest BCUT2D eigenvalue weighted by Crippen LogP contribution is 2.30. The summed E-state index contributed by atoms with van der Waals surface area (Å²) < 4.78 is 0.289. The van der Waals surface area contributed by atoms with Gasteiger partial charge in [0.1, 0.15) is 0 Å². The van der Waals surface area contributed by atoms with Crippen molar-refractivity contribution in [2.24, 2.45) is 11.7 Å². The molecule has 0 saturated carbocycles. The van der Waals surface area contributed by atoms with E-state index in [0.717, 1.165) is 31.7 Å². The quantitative estimate of drug-likeness (QED) is 0.843. The normalized spacial score (nSPS) is 22.4. The Hall–Kier alpha value is -0.220. The van der Waals surface area contributed by atoms with E-state index in [1.165, 1.54) is 0 Å². The summed E-state index contributed by atoms with van der Waals surface area (Å²) in [5, 5.41) is 0. The fourth-order valence-electron chi connectivity index (χ4n) is 2.08. The molecule has 0 aromatic carbocycles. The van der Waals surface area contributed by atoms with Crippen molar-refractivity contribution in [3.8, 4) is 0 Å². The van der Waals surface area contributed by atoms with Gasteiger partial charge < -0.3 is 10.6 Å². The molecule has 100 valence electrons. The Morgan fingerprint density at radius 3 is 2.65 bits per heavy atom. The maximum atomic E-state index is 12.2. The van der Waals surface area contributed by atoms with Crippen molar-refractivity contribution in [1.82, 2.24) is 4.90 Å². The zero-order valence-corrected chi connectivity index (χ0v) is 12.3. The van der Waals surface area contributed by atoms with Crippen LogP contribution in [0.25, 0.3) is 0 Å². The number of nitrogens with zero attached hydrogens (tertiary/aromatic N) is 1. The average molecular weight is 258 g/mol. The summed E-state index contributed by atoms with van der Waals surface area (Å²) in [5.41, 5.74) is 5.97. The largest absolute Gasteiger partial charge is 0.340 e. The molecule has 0 aliphatic carbocycles. The fourth-order valence-corrected chi connectivity index (χ4v) is 3.18. The zero-order valence-electron chi connectivity index (χ0n) is 11.5. The smallest absolute Gasteiger partial charge is 0.239 e. The molecule has 0 radical (unpaired) electrons. The van der Waals surface area contributed by atoms with Crippen molar-refractivity contribution in [2.45, 2.75) is 51.3 Å². The first-order valence-electron chi connectivity index (χ1n) is 6.50. The Balaban J connectivity index is 2.52. The minimum atomic E-state index is -0.318. The van der Waals surface area contributed by atoms with Crippen LogP contribution >= 0.6 is 11.8 Å². The van der Waals surface area contributed by atoms with E-state index in [2.05, 4.69) is 27.7 Å². The number of hydrogen-bond acceptors (Lipinski definition) is 3. The number of carbonyl (C=O) groups excluding carboxylic acids is 1. The number of nitrogens with two attached hydrogens (primary N) is 1. The Morgan fingerprint density at radius 2 is 2.06 bits per heavy atom. The molecule has 1 aliphatic rings. The lowest BCUT2D eigenvalue weighted by molar-refractivity contribution is -0.132. The third-order valence-electron chi connectivity index (χ3n) is 3.19. The van der Waals surface area contributed by atoms with E-state index in [1.54, 1.807) is 0 Å². The second kappa shape index (κ2) is 6.10. The van der Waals surface area contributed by atoms with Crippen molar-refractivity contribution >= 4 is 17.7 Å². The van der Waals surface area contributed by atoms with Crippen LogP contribution in [-0.2, 0) is 4.79 Å². The first kappa shape index (κ1) is 14.8. The topological polar surface area (TPSA) is 46.3 Å². The van der Waals surface area contributed by atoms with E-state index in [9.17, 15) is 4.79 Å². The molecule has 1 fully saturated rings. The molecular formula is C13H26N2OS. The van der Waals surface area contributed by atoms with Gasteiger partial charge in [-0.25, -0.2) is 0 Å². The average Bonchev–Trinajstić information content (AvgIpc) is 2.37. The van der Waals surface area contributed by atoms with Crippen LogP contribution in [0.2, 0.25) is 0 Å². The summed E-state index contributed by atoms with van der Waals surface area (Å²) in [5.74, 6) is 1.64. The first-order valence-corrected chi connectivity index (χ1v) is 7.49. The molecule has 1 rings (SSSR count). The van der Waals surface area contributed by atoms with Crippen LogP contribution in [0.4, 0.5) is 0 Å². The third-order valence-corrected chi connectivity index (χ3v) is 4.56. The van der Waals surface area contributed by atoms with Gasteiger partial charge in [0.15, 0.2) is 0 Å². The molecule has 3 nitrogen and oxygen atoms in total. The van der Waals surface area contributed by atoms with Gasteiger partial charge in [-0.15, -0.1) is 0 Å². The first-order chi connectivity index (χ1) is 7.82. The SMILES string of the molecule is CC(C)C[C@H](N)C(=O)N1CCSC(C)(C)CC1. The molecule has 1 heterocycles. The van der Waals surface area contributed by atoms with Gasteiger partial charge in [0.2, 0.25) is 5.91 Å². The van der Waals surface area contributed by atoms with Crippen molar-refractivity contribution in [1.29, 1.82) is 0 Å². The van der Waals surface area contributed by atoms with Gasteiger partial charge in [0.05, 0.1) is 6.04 Å². The molecule has 1 amide bonds. The van der Waals surface area contributed by atoms with Crippen molar-refractivity contribution in [3.05, 3.63) is 0 Å². The molecule has 1 saturated heterocycles. The van der Waals surface area contributed by atoms with Crippen LogP contribution in [0.1, 0.15) is 40.5 Å². The lowest BCUT2D eigenvalue weighted by Gasteiger charge is -2.25. The molecule has 0 unspecified atom stereocenters. The van der Waals surface area contributed by atoms with E-state index < -0.39 is 0 Å². The van der Waals surface area contributed by atoms with E-state index in [0.29, 0.717) is 5.92 Å². The highest BCUT2D eigenvalue weighted by Gasteiger charge is 2.28. The molecule has 2 N–H and O–H groups in total. The van der Waals surface area contributed by atoms with Crippen LogP contribution in [0, 0.1) is 5.92 Å². The number of hydrogen-bond donors (Lipinski definition) is 1. The highest BCUT2D eigenvalue weighted by molar-refractivity contribution is 8.00.